The van der Waals surface area contributed by atoms with Gasteiger partial charge in [0.2, 0.25) is 0 Å². The van der Waals surface area contributed by atoms with Gasteiger partial charge in [-0.05, 0) is 18.9 Å². The van der Waals surface area contributed by atoms with Gasteiger partial charge in [-0.3, -0.25) is 4.79 Å². The minimum absolute atomic E-state index is 0.0880. The second kappa shape index (κ2) is 4.64. The highest BCUT2D eigenvalue weighted by Crippen LogP contribution is 2.15. The molecule has 1 aliphatic carbocycles. The number of fused-ring (bicyclic) bond motifs is 1. The predicted octanol–water partition coefficient (Wildman–Crippen LogP) is 1.81. The van der Waals surface area contributed by atoms with Crippen molar-refractivity contribution in [2.75, 3.05) is 6.61 Å². The Kier molecular flexibility index (Phi) is 3.02. The summed E-state index contributed by atoms with van der Waals surface area (Å²) in [6.07, 6.45) is 13.6. The molecule has 2 aliphatic rings. The highest BCUT2D eigenvalue weighted by molar-refractivity contribution is 5.81. The number of allylic oxidation sites excluding steroid dienone is 6. The second-order valence-corrected chi connectivity index (χ2v) is 3.35. The van der Waals surface area contributed by atoms with Gasteiger partial charge in [-0.2, -0.15) is 0 Å². The van der Waals surface area contributed by atoms with Gasteiger partial charge in [0.15, 0.2) is 6.61 Å². The standard InChI is InChI=1S/C12H13NO2/c14-12-9-15-11-8-6-4-2-1-3-5-7-10(11)13-12/h1-4,7-8H,5-6,9H2,(H,13,14)/b3-1-,4-2-,10-7+,11-8+. The van der Waals surface area contributed by atoms with E-state index in [2.05, 4.69) is 5.32 Å². The van der Waals surface area contributed by atoms with Crippen LogP contribution in [-0.4, -0.2) is 12.5 Å². The maximum atomic E-state index is 11.1. The topological polar surface area (TPSA) is 38.3 Å². The van der Waals surface area contributed by atoms with Crippen LogP contribution in [0.4, 0.5) is 0 Å². The summed E-state index contributed by atoms with van der Waals surface area (Å²) in [7, 11) is 0. The fourth-order valence-electron chi connectivity index (χ4n) is 1.46. The van der Waals surface area contributed by atoms with E-state index in [1.54, 1.807) is 0 Å². The molecule has 1 heterocycles. The molecule has 15 heavy (non-hydrogen) atoms. The summed E-state index contributed by atoms with van der Waals surface area (Å²) in [5.74, 6) is 0.685. The van der Waals surface area contributed by atoms with E-state index in [0.29, 0.717) is 0 Å². The van der Waals surface area contributed by atoms with Crippen molar-refractivity contribution in [3.8, 4) is 0 Å². The monoisotopic (exact) mass is 203 g/mol. The first-order valence-electron chi connectivity index (χ1n) is 5.01. The van der Waals surface area contributed by atoms with Crippen LogP contribution in [0.1, 0.15) is 12.8 Å². The van der Waals surface area contributed by atoms with E-state index in [9.17, 15) is 4.79 Å². The van der Waals surface area contributed by atoms with Crippen molar-refractivity contribution in [2.24, 2.45) is 0 Å². The molecule has 0 aromatic carbocycles. The van der Waals surface area contributed by atoms with E-state index >= 15 is 0 Å². The first-order chi connectivity index (χ1) is 7.36. The zero-order valence-electron chi connectivity index (χ0n) is 8.40. The Morgan fingerprint density at radius 3 is 2.67 bits per heavy atom. The lowest BCUT2D eigenvalue weighted by atomic mass is 10.2. The molecule has 0 atom stereocenters. The zero-order valence-corrected chi connectivity index (χ0v) is 8.40. The Bertz CT molecular complexity index is 375. The molecule has 3 nitrogen and oxygen atoms in total. The summed E-state index contributed by atoms with van der Waals surface area (Å²) in [5, 5.41) is 2.81. The van der Waals surface area contributed by atoms with Gasteiger partial charge in [0.1, 0.15) is 5.76 Å². The molecule has 1 amide bonds. The number of morpholine rings is 1. The van der Waals surface area contributed by atoms with Gasteiger partial charge in [0, 0.05) is 0 Å². The van der Waals surface area contributed by atoms with Crippen LogP contribution in [-0.2, 0) is 9.53 Å². The first kappa shape index (κ1) is 9.77. The molecule has 0 bridgehead atoms. The molecule has 1 aliphatic heterocycles. The van der Waals surface area contributed by atoms with Crippen molar-refractivity contribution in [3.63, 3.8) is 0 Å². The number of nitrogens with one attached hydrogen (secondary N) is 1. The van der Waals surface area contributed by atoms with Crippen molar-refractivity contribution in [2.45, 2.75) is 12.8 Å². The van der Waals surface area contributed by atoms with Gasteiger partial charge in [-0.25, -0.2) is 0 Å². The van der Waals surface area contributed by atoms with Crippen molar-refractivity contribution in [1.29, 1.82) is 0 Å². The largest absolute Gasteiger partial charge is 0.482 e. The molecule has 0 aromatic rings. The Morgan fingerprint density at radius 1 is 1.13 bits per heavy atom. The zero-order chi connectivity index (χ0) is 10.5. The Morgan fingerprint density at radius 2 is 1.87 bits per heavy atom. The molecule has 1 saturated heterocycles. The minimum atomic E-state index is -0.0880. The average Bonchev–Trinajstić information content (AvgIpc) is 2.25. The Labute approximate surface area is 88.8 Å². The molecule has 1 N–H and O–H groups in total. The van der Waals surface area contributed by atoms with Gasteiger partial charge in [-0.1, -0.05) is 30.4 Å². The number of carbonyl (C=O) groups is 1. The Hall–Kier alpha value is -1.77. The van der Waals surface area contributed by atoms with Crippen molar-refractivity contribution in [1.82, 2.24) is 5.32 Å². The third kappa shape index (κ3) is 2.59. The molecule has 0 radical (unpaired) electrons. The van der Waals surface area contributed by atoms with E-state index in [1.165, 1.54) is 0 Å². The number of hydrogen-bond donors (Lipinski definition) is 1. The third-order valence-electron chi connectivity index (χ3n) is 2.18. The van der Waals surface area contributed by atoms with Crippen molar-refractivity contribution in [3.05, 3.63) is 47.9 Å². The van der Waals surface area contributed by atoms with E-state index in [-0.39, 0.29) is 12.5 Å². The number of hydrogen-bond acceptors (Lipinski definition) is 2. The minimum Gasteiger partial charge on any atom is -0.482 e. The predicted molar refractivity (Wildman–Crippen MR) is 57.8 cm³/mol. The normalized spacial score (nSPS) is 31.9. The summed E-state index contributed by atoms with van der Waals surface area (Å²) in [5.41, 5.74) is 0.784. The fourth-order valence-corrected chi connectivity index (χ4v) is 1.46. The van der Waals surface area contributed by atoms with E-state index in [4.69, 9.17) is 4.74 Å². The van der Waals surface area contributed by atoms with Crippen LogP contribution in [0.25, 0.3) is 0 Å². The molecule has 78 valence electrons. The lowest BCUT2D eigenvalue weighted by Gasteiger charge is -2.20. The highest BCUT2D eigenvalue weighted by Gasteiger charge is 2.17. The molecular weight excluding hydrogens is 190 g/mol. The quantitative estimate of drug-likeness (QED) is 0.652. The molecule has 0 unspecified atom stereocenters. The molecule has 0 spiro atoms. The van der Waals surface area contributed by atoms with E-state index in [0.717, 1.165) is 24.3 Å². The fraction of sp³-hybridized carbons (Fsp3) is 0.250. The van der Waals surface area contributed by atoms with Gasteiger partial charge >= 0.3 is 0 Å². The smallest absolute Gasteiger partial charge is 0.262 e. The lowest BCUT2D eigenvalue weighted by molar-refractivity contribution is -0.125. The van der Waals surface area contributed by atoms with Crippen LogP contribution >= 0.6 is 0 Å². The molecule has 1 fully saturated rings. The number of carbonyl (C=O) groups excluding carboxylic acids is 1. The van der Waals surface area contributed by atoms with Crippen LogP contribution in [0.5, 0.6) is 0 Å². The molecule has 3 heteroatoms. The van der Waals surface area contributed by atoms with E-state index < -0.39 is 0 Å². The summed E-state index contributed by atoms with van der Waals surface area (Å²) in [4.78, 5) is 11.1. The highest BCUT2D eigenvalue weighted by atomic mass is 16.5. The SMILES string of the molecule is O=C1COC2=C/C/C=C\C=C/C/C=C\2N1. The summed E-state index contributed by atoms with van der Waals surface area (Å²) in [6.45, 7) is 0.114. The molecule has 2 rings (SSSR count). The number of amides is 1. The van der Waals surface area contributed by atoms with Crippen LogP contribution in [0.2, 0.25) is 0 Å². The van der Waals surface area contributed by atoms with Crippen LogP contribution in [0, 0.1) is 0 Å². The molecule has 0 aromatic heterocycles. The maximum Gasteiger partial charge on any atom is 0.262 e. The number of rotatable bonds is 0. The summed E-state index contributed by atoms with van der Waals surface area (Å²) in [6, 6.07) is 0. The van der Waals surface area contributed by atoms with Crippen LogP contribution in [0.15, 0.2) is 47.9 Å². The van der Waals surface area contributed by atoms with Crippen molar-refractivity contribution >= 4 is 5.91 Å². The van der Waals surface area contributed by atoms with Gasteiger partial charge < -0.3 is 10.1 Å². The van der Waals surface area contributed by atoms with Crippen molar-refractivity contribution < 1.29 is 9.53 Å². The first-order valence-corrected chi connectivity index (χ1v) is 5.01. The summed E-state index contributed by atoms with van der Waals surface area (Å²) >= 11 is 0. The maximum absolute atomic E-state index is 11.1. The number of ether oxygens (including phenoxy) is 1. The lowest BCUT2D eigenvalue weighted by Crippen LogP contribution is -2.33. The molecule has 0 saturated carbocycles. The van der Waals surface area contributed by atoms with Gasteiger partial charge in [-0.15, -0.1) is 0 Å². The average molecular weight is 203 g/mol. The van der Waals surface area contributed by atoms with Gasteiger partial charge in [0.25, 0.3) is 5.91 Å². The summed E-state index contributed by atoms with van der Waals surface area (Å²) < 4.78 is 5.35. The van der Waals surface area contributed by atoms with Crippen LogP contribution < -0.4 is 5.32 Å². The van der Waals surface area contributed by atoms with Gasteiger partial charge in [0.05, 0.1) is 5.70 Å². The van der Waals surface area contributed by atoms with E-state index in [1.807, 2.05) is 36.5 Å². The second-order valence-electron chi connectivity index (χ2n) is 3.35. The molecular formula is C12H13NO2. The Balaban J connectivity index is 2.21. The van der Waals surface area contributed by atoms with Crippen LogP contribution in [0.3, 0.4) is 0 Å². The third-order valence-corrected chi connectivity index (χ3v) is 2.18.